The van der Waals surface area contributed by atoms with Crippen LogP contribution in [0.3, 0.4) is 0 Å². The molecular formula is C27H42N4O3. The van der Waals surface area contributed by atoms with Gasteiger partial charge >= 0.3 is 0 Å². The molecule has 0 spiro atoms. The number of nitrogens with two attached hydrogens (primary N) is 2. The summed E-state index contributed by atoms with van der Waals surface area (Å²) in [5.41, 5.74) is 12.9. The van der Waals surface area contributed by atoms with Gasteiger partial charge in [-0.15, -0.1) is 0 Å². The number of primary amides is 1. The number of hydrogen-bond acceptors (Lipinski definition) is 5. The number of aliphatic hydroxyl groups excluding tert-OH is 1. The highest BCUT2D eigenvalue weighted by atomic mass is 16.3. The Kier molecular flexibility index (Phi) is 8.61. The maximum atomic E-state index is 13.0. The fourth-order valence-corrected chi connectivity index (χ4v) is 6.56. The summed E-state index contributed by atoms with van der Waals surface area (Å²) in [6.07, 6.45) is 9.98. The van der Waals surface area contributed by atoms with Crippen molar-refractivity contribution >= 4 is 11.8 Å². The van der Waals surface area contributed by atoms with E-state index in [0.717, 1.165) is 25.9 Å². The molecule has 188 valence electrons. The molecule has 3 aliphatic rings. The van der Waals surface area contributed by atoms with E-state index in [1.807, 2.05) is 17.0 Å². The average molecular weight is 471 g/mol. The molecule has 2 amide bonds. The third kappa shape index (κ3) is 5.99. The highest BCUT2D eigenvalue weighted by Crippen LogP contribution is 2.43. The Morgan fingerprint density at radius 3 is 2.44 bits per heavy atom. The lowest BCUT2D eigenvalue weighted by atomic mass is 9.84. The zero-order valence-electron chi connectivity index (χ0n) is 20.4. The van der Waals surface area contributed by atoms with Crippen LogP contribution >= 0.6 is 0 Å². The molecule has 0 aromatic heterocycles. The molecule has 7 heteroatoms. The molecule has 4 rings (SSSR count). The van der Waals surface area contributed by atoms with E-state index in [4.69, 9.17) is 11.5 Å². The number of amides is 2. The number of piperidine rings is 1. The number of carbonyl (C=O) groups is 2. The minimum Gasteiger partial charge on any atom is -0.383 e. The molecule has 2 saturated heterocycles. The Balaban J connectivity index is 1.38. The molecule has 2 aliphatic heterocycles. The molecule has 1 saturated carbocycles. The number of nitrogens with zero attached hydrogens (tertiary/aromatic N) is 2. The van der Waals surface area contributed by atoms with Gasteiger partial charge in [-0.3, -0.25) is 14.5 Å². The first-order valence-electron chi connectivity index (χ1n) is 13.3. The third-order valence-electron chi connectivity index (χ3n) is 8.40. The highest BCUT2D eigenvalue weighted by Gasteiger charge is 2.41. The van der Waals surface area contributed by atoms with Crippen molar-refractivity contribution < 1.29 is 14.7 Å². The van der Waals surface area contributed by atoms with E-state index in [0.29, 0.717) is 49.0 Å². The van der Waals surface area contributed by atoms with E-state index in [9.17, 15) is 14.7 Å². The van der Waals surface area contributed by atoms with E-state index in [1.165, 1.54) is 50.5 Å². The van der Waals surface area contributed by atoms with E-state index in [2.05, 4.69) is 11.0 Å². The molecule has 1 aromatic rings. The first kappa shape index (κ1) is 25.1. The molecule has 1 aromatic carbocycles. The largest absolute Gasteiger partial charge is 0.383 e. The van der Waals surface area contributed by atoms with Crippen molar-refractivity contribution in [2.24, 2.45) is 17.4 Å². The highest BCUT2D eigenvalue weighted by molar-refractivity contribution is 5.92. The monoisotopic (exact) mass is 470 g/mol. The summed E-state index contributed by atoms with van der Waals surface area (Å²) in [4.78, 5) is 29.2. The molecule has 0 radical (unpaired) electrons. The quantitative estimate of drug-likeness (QED) is 0.487. The fraction of sp³-hybridized carbons (Fsp3) is 0.704. The molecule has 3 fully saturated rings. The van der Waals surface area contributed by atoms with Crippen LogP contribution in [0.5, 0.6) is 0 Å². The number of hydrogen-bond donors (Lipinski definition) is 3. The maximum Gasteiger partial charge on any atom is 0.251 e. The van der Waals surface area contributed by atoms with Crippen LogP contribution in [0.2, 0.25) is 0 Å². The Bertz CT molecular complexity index is 827. The van der Waals surface area contributed by atoms with Crippen molar-refractivity contribution in [1.82, 2.24) is 9.80 Å². The standard InChI is InChI=1S/C27H42N4O3/c28-12-11-25(32)27(34)30(18-19-5-2-1-3-6-19)13-14-31-23-9-10-24(31)17-22(16-23)20-7-4-8-21(15-20)26(29)33/h4,7-8,15,19,22-25,32H,1-3,5-6,9-14,16-18,28H2,(H2,29,33)/t22?,23?,24?,25-/m0/s1. The van der Waals surface area contributed by atoms with Gasteiger partial charge in [0.1, 0.15) is 6.10 Å². The predicted octanol–water partition coefficient (Wildman–Crippen LogP) is 2.61. The minimum absolute atomic E-state index is 0.151. The molecule has 5 N–H and O–H groups in total. The van der Waals surface area contributed by atoms with Gasteiger partial charge in [-0.05, 0) is 81.0 Å². The first-order chi connectivity index (χ1) is 16.5. The summed E-state index contributed by atoms with van der Waals surface area (Å²) in [5, 5.41) is 10.4. The summed E-state index contributed by atoms with van der Waals surface area (Å²) < 4.78 is 0. The summed E-state index contributed by atoms with van der Waals surface area (Å²) in [5.74, 6) is 0.463. The van der Waals surface area contributed by atoms with Crippen molar-refractivity contribution in [3.8, 4) is 0 Å². The van der Waals surface area contributed by atoms with Crippen molar-refractivity contribution in [3.63, 3.8) is 0 Å². The number of benzene rings is 1. The minimum atomic E-state index is -0.992. The first-order valence-corrected chi connectivity index (χ1v) is 13.3. The molecule has 3 atom stereocenters. The number of rotatable bonds is 10. The van der Waals surface area contributed by atoms with Crippen molar-refractivity contribution in [1.29, 1.82) is 0 Å². The Labute approximate surface area is 203 Å². The van der Waals surface area contributed by atoms with Crippen LogP contribution in [-0.4, -0.2) is 71.1 Å². The fourth-order valence-electron chi connectivity index (χ4n) is 6.56. The van der Waals surface area contributed by atoms with Crippen LogP contribution in [-0.2, 0) is 4.79 Å². The lowest BCUT2D eigenvalue weighted by Crippen LogP contribution is -2.49. The summed E-state index contributed by atoms with van der Waals surface area (Å²) >= 11 is 0. The van der Waals surface area contributed by atoms with E-state index >= 15 is 0 Å². The van der Waals surface area contributed by atoms with Crippen LogP contribution in [0.1, 0.15) is 86.0 Å². The van der Waals surface area contributed by atoms with Gasteiger partial charge in [-0.2, -0.15) is 0 Å². The smallest absolute Gasteiger partial charge is 0.251 e. The van der Waals surface area contributed by atoms with E-state index in [1.54, 1.807) is 6.07 Å². The maximum absolute atomic E-state index is 13.0. The van der Waals surface area contributed by atoms with Crippen LogP contribution in [0, 0.1) is 5.92 Å². The van der Waals surface area contributed by atoms with Gasteiger partial charge < -0.3 is 21.5 Å². The number of fused-ring (bicyclic) bond motifs is 2. The zero-order valence-corrected chi connectivity index (χ0v) is 20.4. The molecule has 2 heterocycles. The molecule has 34 heavy (non-hydrogen) atoms. The normalized spacial score (nSPS) is 26.4. The van der Waals surface area contributed by atoms with Crippen LogP contribution in [0.4, 0.5) is 0 Å². The van der Waals surface area contributed by atoms with Crippen molar-refractivity contribution in [2.45, 2.75) is 88.3 Å². The van der Waals surface area contributed by atoms with Crippen LogP contribution in [0.15, 0.2) is 24.3 Å². The Morgan fingerprint density at radius 1 is 1.09 bits per heavy atom. The van der Waals surface area contributed by atoms with Gasteiger partial charge in [0.2, 0.25) is 5.91 Å². The predicted molar refractivity (Wildman–Crippen MR) is 133 cm³/mol. The van der Waals surface area contributed by atoms with Crippen molar-refractivity contribution in [2.75, 3.05) is 26.2 Å². The molecule has 2 bridgehead atoms. The Hall–Kier alpha value is -1.96. The molecule has 1 aliphatic carbocycles. The lowest BCUT2D eigenvalue weighted by molar-refractivity contribution is -0.141. The van der Waals surface area contributed by atoms with Gasteiger partial charge in [-0.25, -0.2) is 0 Å². The molecule has 2 unspecified atom stereocenters. The van der Waals surface area contributed by atoms with Crippen molar-refractivity contribution in [3.05, 3.63) is 35.4 Å². The summed E-state index contributed by atoms with van der Waals surface area (Å²) in [6, 6.07) is 8.81. The van der Waals surface area contributed by atoms with E-state index < -0.39 is 6.10 Å². The van der Waals surface area contributed by atoms with Gasteiger partial charge in [0.15, 0.2) is 0 Å². The summed E-state index contributed by atoms with van der Waals surface area (Å²) in [7, 11) is 0. The third-order valence-corrected chi connectivity index (χ3v) is 8.40. The Morgan fingerprint density at radius 2 is 1.79 bits per heavy atom. The lowest BCUT2D eigenvalue weighted by Gasteiger charge is -2.41. The molecule has 7 nitrogen and oxygen atoms in total. The second-order valence-corrected chi connectivity index (χ2v) is 10.7. The van der Waals surface area contributed by atoms with Gasteiger partial charge in [0, 0.05) is 37.3 Å². The second-order valence-electron chi connectivity index (χ2n) is 10.7. The van der Waals surface area contributed by atoms with Crippen LogP contribution in [0.25, 0.3) is 0 Å². The van der Waals surface area contributed by atoms with E-state index in [-0.39, 0.29) is 11.8 Å². The second kappa shape index (κ2) is 11.6. The SMILES string of the molecule is NCC[C@H](O)C(=O)N(CCN1C2CCC1CC(c1cccc(C(N)=O)c1)C2)CC1CCCCC1. The number of aliphatic hydroxyl groups is 1. The van der Waals surface area contributed by atoms with Crippen LogP contribution < -0.4 is 11.5 Å². The zero-order chi connectivity index (χ0) is 24.1. The summed E-state index contributed by atoms with van der Waals surface area (Å²) in [6.45, 7) is 2.61. The topological polar surface area (TPSA) is 113 Å². The average Bonchev–Trinajstić information content (AvgIpc) is 3.08. The van der Waals surface area contributed by atoms with Gasteiger partial charge in [0.05, 0.1) is 0 Å². The number of carbonyl (C=O) groups excluding carboxylic acids is 2. The van der Waals surface area contributed by atoms with Gasteiger partial charge in [-0.1, -0.05) is 31.4 Å². The van der Waals surface area contributed by atoms with Gasteiger partial charge in [0.25, 0.3) is 5.91 Å². The molecular weight excluding hydrogens is 428 g/mol.